The number of nitrogens with two attached hydrogens (primary N) is 4. The second kappa shape index (κ2) is 4.57. The SMILES string of the molecule is C=Cc1c(/C=C(\C)N)c(N)c2ccc(N)cc2c1N. The van der Waals surface area contributed by atoms with E-state index in [2.05, 4.69) is 6.58 Å². The van der Waals surface area contributed by atoms with Crippen molar-refractivity contribution in [3.63, 3.8) is 0 Å². The Labute approximate surface area is 112 Å². The van der Waals surface area contributed by atoms with Crippen LogP contribution in [0.15, 0.2) is 30.5 Å². The molecule has 0 bridgehead atoms. The zero-order chi connectivity index (χ0) is 14.2. The van der Waals surface area contributed by atoms with E-state index in [1.165, 1.54) is 0 Å². The fourth-order valence-electron chi connectivity index (χ4n) is 2.20. The highest BCUT2D eigenvalue weighted by molar-refractivity contribution is 6.08. The standard InChI is InChI=1S/C15H18N4/c1-3-10-12(6-8(2)16)15(19)11-5-4-9(17)7-13(11)14(10)18/h3-7H,1,16-19H2,2H3/b8-6+. The van der Waals surface area contributed by atoms with E-state index in [0.29, 0.717) is 22.8 Å². The molecule has 2 rings (SSSR count). The maximum Gasteiger partial charge on any atom is 0.0475 e. The van der Waals surface area contributed by atoms with Crippen LogP contribution in [-0.4, -0.2) is 0 Å². The molecule has 0 aromatic heterocycles. The van der Waals surface area contributed by atoms with Crippen LogP contribution in [0.3, 0.4) is 0 Å². The Morgan fingerprint density at radius 1 is 1.05 bits per heavy atom. The van der Waals surface area contributed by atoms with Gasteiger partial charge in [0.05, 0.1) is 0 Å². The smallest absolute Gasteiger partial charge is 0.0475 e. The van der Waals surface area contributed by atoms with Gasteiger partial charge in [0.25, 0.3) is 0 Å². The molecular weight excluding hydrogens is 236 g/mol. The van der Waals surface area contributed by atoms with Crippen LogP contribution in [0.2, 0.25) is 0 Å². The van der Waals surface area contributed by atoms with Gasteiger partial charge in [0.15, 0.2) is 0 Å². The van der Waals surface area contributed by atoms with Gasteiger partial charge in [-0.1, -0.05) is 18.7 Å². The lowest BCUT2D eigenvalue weighted by Crippen LogP contribution is -2.02. The van der Waals surface area contributed by atoms with Gasteiger partial charge in [-0.2, -0.15) is 0 Å². The first kappa shape index (κ1) is 12.8. The molecular formula is C15H18N4. The zero-order valence-electron chi connectivity index (χ0n) is 10.9. The van der Waals surface area contributed by atoms with Gasteiger partial charge in [0.2, 0.25) is 0 Å². The number of nitrogen functional groups attached to an aromatic ring is 3. The highest BCUT2D eigenvalue weighted by Gasteiger charge is 2.13. The number of benzene rings is 2. The third kappa shape index (κ3) is 2.08. The number of hydrogen-bond donors (Lipinski definition) is 4. The van der Waals surface area contributed by atoms with Gasteiger partial charge in [-0.25, -0.2) is 0 Å². The van der Waals surface area contributed by atoms with Gasteiger partial charge in [-0.05, 0) is 25.1 Å². The molecule has 0 aliphatic rings. The van der Waals surface area contributed by atoms with Gasteiger partial charge in [0, 0.05) is 44.7 Å². The van der Waals surface area contributed by atoms with Crippen LogP contribution >= 0.6 is 0 Å². The lowest BCUT2D eigenvalue weighted by molar-refractivity contribution is 1.34. The van der Waals surface area contributed by atoms with Crippen molar-refractivity contribution < 1.29 is 0 Å². The third-order valence-electron chi connectivity index (χ3n) is 3.07. The molecule has 0 amide bonds. The van der Waals surface area contributed by atoms with Crippen molar-refractivity contribution in [3.8, 4) is 0 Å². The van der Waals surface area contributed by atoms with Crippen molar-refractivity contribution in [1.82, 2.24) is 0 Å². The Kier molecular flexibility index (Phi) is 3.09. The number of allylic oxidation sites excluding steroid dienone is 1. The molecule has 4 heteroatoms. The first-order valence-electron chi connectivity index (χ1n) is 5.92. The summed E-state index contributed by atoms with van der Waals surface area (Å²) < 4.78 is 0. The lowest BCUT2D eigenvalue weighted by Gasteiger charge is -2.15. The van der Waals surface area contributed by atoms with Crippen molar-refractivity contribution in [1.29, 1.82) is 0 Å². The average Bonchev–Trinajstić information content (AvgIpc) is 2.35. The van der Waals surface area contributed by atoms with E-state index in [0.717, 1.165) is 21.9 Å². The Bertz CT molecular complexity index is 695. The summed E-state index contributed by atoms with van der Waals surface area (Å²) in [6.45, 7) is 5.59. The first-order valence-corrected chi connectivity index (χ1v) is 5.92. The van der Waals surface area contributed by atoms with Crippen molar-refractivity contribution >= 4 is 40.0 Å². The summed E-state index contributed by atoms with van der Waals surface area (Å²) >= 11 is 0. The molecule has 2 aromatic rings. The molecule has 0 radical (unpaired) electrons. The highest BCUT2D eigenvalue weighted by atomic mass is 14.6. The summed E-state index contributed by atoms with van der Waals surface area (Å²) in [6.07, 6.45) is 3.49. The predicted octanol–water partition coefficient (Wildman–Crippen LogP) is 2.55. The van der Waals surface area contributed by atoms with Crippen molar-refractivity contribution in [2.75, 3.05) is 17.2 Å². The molecule has 4 nitrogen and oxygen atoms in total. The summed E-state index contributed by atoms with van der Waals surface area (Å²) in [5.41, 5.74) is 28.1. The normalized spacial score (nSPS) is 11.7. The lowest BCUT2D eigenvalue weighted by atomic mass is 9.95. The summed E-state index contributed by atoms with van der Waals surface area (Å²) in [5.74, 6) is 0. The molecule has 0 unspecified atom stereocenters. The first-order chi connectivity index (χ1) is 8.95. The van der Waals surface area contributed by atoms with E-state index in [9.17, 15) is 0 Å². The second-order valence-corrected chi connectivity index (χ2v) is 4.55. The van der Waals surface area contributed by atoms with Crippen LogP contribution in [-0.2, 0) is 0 Å². The summed E-state index contributed by atoms with van der Waals surface area (Å²) in [7, 11) is 0. The number of anilines is 3. The molecule has 19 heavy (non-hydrogen) atoms. The summed E-state index contributed by atoms with van der Waals surface area (Å²) in [5, 5.41) is 1.70. The topological polar surface area (TPSA) is 104 Å². The van der Waals surface area contributed by atoms with E-state index >= 15 is 0 Å². The molecule has 0 atom stereocenters. The molecule has 0 fully saturated rings. The molecule has 8 N–H and O–H groups in total. The molecule has 0 heterocycles. The van der Waals surface area contributed by atoms with Crippen LogP contribution in [0.4, 0.5) is 17.1 Å². The summed E-state index contributed by atoms with van der Waals surface area (Å²) in [4.78, 5) is 0. The molecule has 98 valence electrons. The minimum atomic E-state index is 0.610. The number of rotatable bonds is 2. The van der Waals surface area contributed by atoms with E-state index in [-0.39, 0.29) is 0 Å². The molecule has 0 spiro atoms. The average molecular weight is 254 g/mol. The second-order valence-electron chi connectivity index (χ2n) is 4.55. The van der Waals surface area contributed by atoms with Crippen molar-refractivity contribution in [2.24, 2.45) is 5.73 Å². The van der Waals surface area contributed by atoms with Gasteiger partial charge >= 0.3 is 0 Å². The fraction of sp³-hybridized carbons (Fsp3) is 0.0667. The maximum atomic E-state index is 6.22. The fourth-order valence-corrected chi connectivity index (χ4v) is 2.20. The van der Waals surface area contributed by atoms with Gasteiger partial charge in [-0.3, -0.25) is 0 Å². The zero-order valence-corrected chi connectivity index (χ0v) is 10.9. The Morgan fingerprint density at radius 2 is 1.68 bits per heavy atom. The Balaban J connectivity index is 2.98. The minimum Gasteiger partial charge on any atom is -0.402 e. The van der Waals surface area contributed by atoms with E-state index in [4.69, 9.17) is 22.9 Å². The van der Waals surface area contributed by atoms with Crippen LogP contribution < -0.4 is 22.9 Å². The van der Waals surface area contributed by atoms with Crippen LogP contribution in [0.5, 0.6) is 0 Å². The van der Waals surface area contributed by atoms with Crippen molar-refractivity contribution in [2.45, 2.75) is 6.92 Å². The molecule has 0 saturated heterocycles. The van der Waals surface area contributed by atoms with Gasteiger partial charge < -0.3 is 22.9 Å². The molecule has 0 aliphatic carbocycles. The van der Waals surface area contributed by atoms with Gasteiger partial charge in [0.1, 0.15) is 0 Å². The molecule has 0 aliphatic heterocycles. The maximum absolute atomic E-state index is 6.22. The number of hydrogen-bond acceptors (Lipinski definition) is 4. The molecule has 0 saturated carbocycles. The monoisotopic (exact) mass is 254 g/mol. The molecule has 2 aromatic carbocycles. The minimum absolute atomic E-state index is 0.610. The third-order valence-corrected chi connectivity index (χ3v) is 3.07. The Morgan fingerprint density at radius 3 is 2.26 bits per heavy atom. The number of fused-ring (bicyclic) bond motifs is 1. The predicted molar refractivity (Wildman–Crippen MR) is 85.1 cm³/mol. The van der Waals surface area contributed by atoms with Crippen LogP contribution in [0.1, 0.15) is 18.1 Å². The van der Waals surface area contributed by atoms with Gasteiger partial charge in [-0.15, -0.1) is 0 Å². The highest BCUT2D eigenvalue weighted by Crippen LogP contribution is 2.37. The van der Waals surface area contributed by atoms with Crippen molar-refractivity contribution in [3.05, 3.63) is 41.6 Å². The quantitative estimate of drug-likeness (QED) is 0.618. The van der Waals surface area contributed by atoms with E-state index in [1.54, 1.807) is 25.1 Å². The van der Waals surface area contributed by atoms with E-state index < -0.39 is 0 Å². The Hall–Kier alpha value is -2.62. The summed E-state index contributed by atoms with van der Waals surface area (Å²) in [6, 6.07) is 5.48. The van der Waals surface area contributed by atoms with Crippen LogP contribution in [0, 0.1) is 0 Å². The van der Waals surface area contributed by atoms with Crippen LogP contribution in [0.25, 0.3) is 22.9 Å². The van der Waals surface area contributed by atoms with E-state index in [1.807, 2.05) is 12.1 Å². The largest absolute Gasteiger partial charge is 0.402 e.